The molecule has 5 rings (SSSR count). The van der Waals surface area contributed by atoms with Crippen LogP contribution in [0.2, 0.25) is 0 Å². The molecule has 1 heterocycles. The van der Waals surface area contributed by atoms with Gasteiger partial charge in [0.25, 0.3) is 0 Å². The minimum absolute atomic E-state index is 0.394. The molecule has 0 atom stereocenters. The molecule has 1 N–H and O–H groups in total. The first-order valence-corrected chi connectivity index (χ1v) is 11.1. The minimum Gasteiger partial charge on any atom is -0.477 e. The number of carbonyl (C=O) groups is 1. The largest absolute Gasteiger partial charge is 0.477 e. The fourth-order valence-electron chi connectivity index (χ4n) is 2.92. The molecule has 2 nitrogen and oxygen atoms in total. The monoisotopic (exact) mass is 436 g/mol. The van der Waals surface area contributed by atoms with Crippen LogP contribution in [0.15, 0.2) is 139 Å². The minimum atomic E-state index is -0.847. The van der Waals surface area contributed by atoms with Crippen molar-refractivity contribution in [1.29, 1.82) is 0 Å². The molecular weight excluding hydrogens is 412 g/mol. The van der Waals surface area contributed by atoms with E-state index in [1.807, 2.05) is 24.3 Å². The van der Waals surface area contributed by atoms with Gasteiger partial charge in [0, 0.05) is 0 Å². The lowest BCUT2D eigenvalue weighted by atomic mass is 10.1. The summed E-state index contributed by atoms with van der Waals surface area (Å²) in [5.74, 6) is -0.847. The van der Waals surface area contributed by atoms with Crippen molar-refractivity contribution in [2.45, 2.75) is 0 Å². The third-order valence-electron chi connectivity index (χ3n) is 4.49. The molecule has 32 heavy (non-hydrogen) atoms. The number of carboxylic acids is 1. The highest BCUT2D eigenvalue weighted by atomic mass is 32.1. The SMILES string of the molecule is O=C(O)c1cccs1.c1ccc(-c2ccccc2)cc1.c1ccc(-c2ccccc2)cc1. The standard InChI is InChI=1S/2C12H10.C5H4O2S/c2*1-3-7-11(8-4-1)12-9-5-2-6-10-12;6-5(7)4-2-1-3-8-4/h2*1-10H;1-3H,(H,6,7). The second-order valence-corrected chi connectivity index (χ2v) is 7.69. The van der Waals surface area contributed by atoms with Gasteiger partial charge in [0.2, 0.25) is 0 Å². The van der Waals surface area contributed by atoms with Crippen molar-refractivity contribution in [2.24, 2.45) is 0 Å². The maximum absolute atomic E-state index is 10.1. The molecule has 0 amide bonds. The molecule has 0 bridgehead atoms. The van der Waals surface area contributed by atoms with Crippen molar-refractivity contribution >= 4 is 17.3 Å². The van der Waals surface area contributed by atoms with Crippen LogP contribution in [0.3, 0.4) is 0 Å². The van der Waals surface area contributed by atoms with Gasteiger partial charge >= 0.3 is 5.97 Å². The maximum atomic E-state index is 10.1. The lowest BCUT2D eigenvalue weighted by Crippen LogP contribution is -1.89. The molecule has 0 saturated heterocycles. The fourth-order valence-corrected chi connectivity index (χ4v) is 3.48. The molecule has 3 heteroatoms. The Kier molecular flexibility index (Phi) is 9.01. The highest BCUT2D eigenvalue weighted by Gasteiger charge is 1.99. The maximum Gasteiger partial charge on any atom is 0.345 e. The Morgan fingerprint density at radius 3 is 0.969 bits per heavy atom. The van der Waals surface area contributed by atoms with Crippen molar-refractivity contribution in [3.05, 3.63) is 144 Å². The Bertz CT molecular complexity index is 1010. The molecule has 0 radical (unpaired) electrons. The smallest absolute Gasteiger partial charge is 0.345 e. The van der Waals surface area contributed by atoms with E-state index in [1.165, 1.54) is 33.6 Å². The summed E-state index contributed by atoms with van der Waals surface area (Å²) in [6.45, 7) is 0. The number of carboxylic acid groups (broad SMARTS) is 1. The first kappa shape index (κ1) is 22.7. The summed E-state index contributed by atoms with van der Waals surface area (Å²) >= 11 is 1.23. The second-order valence-electron chi connectivity index (χ2n) is 6.75. The van der Waals surface area contributed by atoms with E-state index < -0.39 is 5.97 Å². The van der Waals surface area contributed by atoms with Gasteiger partial charge in [-0.05, 0) is 33.7 Å². The van der Waals surface area contributed by atoms with Gasteiger partial charge in [0.1, 0.15) is 4.88 Å². The third-order valence-corrected chi connectivity index (χ3v) is 5.35. The van der Waals surface area contributed by atoms with E-state index >= 15 is 0 Å². The Morgan fingerprint density at radius 2 is 0.781 bits per heavy atom. The molecule has 158 valence electrons. The van der Waals surface area contributed by atoms with Gasteiger partial charge in [-0.1, -0.05) is 127 Å². The van der Waals surface area contributed by atoms with Gasteiger partial charge in [-0.25, -0.2) is 4.79 Å². The van der Waals surface area contributed by atoms with E-state index in [9.17, 15) is 4.79 Å². The van der Waals surface area contributed by atoms with Gasteiger partial charge in [-0.3, -0.25) is 0 Å². The Morgan fingerprint density at radius 1 is 0.469 bits per heavy atom. The molecule has 0 aliphatic carbocycles. The van der Waals surface area contributed by atoms with Crippen LogP contribution in [0, 0.1) is 0 Å². The van der Waals surface area contributed by atoms with Crippen molar-refractivity contribution in [3.8, 4) is 22.3 Å². The summed E-state index contributed by atoms with van der Waals surface area (Å²) in [5, 5.41) is 10.0. The lowest BCUT2D eigenvalue weighted by Gasteiger charge is -1.98. The summed E-state index contributed by atoms with van der Waals surface area (Å²) in [4.78, 5) is 10.5. The van der Waals surface area contributed by atoms with Crippen LogP contribution >= 0.6 is 11.3 Å². The number of thiophene rings is 1. The van der Waals surface area contributed by atoms with Gasteiger partial charge in [-0.2, -0.15) is 0 Å². The lowest BCUT2D eigenvalue weighted by molar-refractivity contribution is 0.0702. The predicted molar refractivity (Wildman–Crippen MR) is 135 cm³/mol. The van der Waals surface area contributed by atoms with E-state index in [0.29, 0.717) is 4.88 Å². The second kappa shape index (κ2) is 12.7. The first-order valence-electron chi connectivity index (χ1n) is 10.2. The molecule has 0 aliphatic heterocycles. The molecule has 0 spiro atoms. The average Bonchev–Trinajstić information content (AvgIpc) is 3.43. The van der Waals surface area contributed by atoms with E-state index in [4.69, 9.17) is 5.11 Å². The van der Waals surface area contributed by atoms with Gasteiger partial charge in [-0.15, -0.1) is 11.3 Å². The zero-order chi connectivity index (χ0) is 22.4. The van der Waals surface area contributed by atoms with Gasteiger partial charge in [0.05, 0.1) is 0 Å². The van der Waals surface area contributed by atoms with Crippen molar-refractivity contribution < 1.29 is 9.90 Å². The summed E-state index contributed by atoms with van der Waals surface area (Å²) in [5.41, 5.74) is 5.10. The Balaban J connectivity index is 0.000000139. The molecule has 4 aromatic carbocycles. The topological polar surface area (TPSA) is 37.3 Å². The third kappa shape index (κ3) is 7.38. The molecular formula is C29H24O2S. The van der Waals surface area contributed by atoms with Crippen molar-refractivity contribution in [1.82, 2.24) is 0 Å². The molecule has 0 saturated carbocycles. The summed E-state index contributed by atoms with van der Waals surface area (Å²) in [6.07, 6.45) is 0. The van der Waals surface area contributed by atoms with Crippen LogP contribution in [0.5, 0.6) is 0 Å². The van der Waals surface area contributed by atoms with E-state index in [1.54, 1.807) is 17.5 Å². The Labute approximate surface area is 193 Å². The van der Waals surface area contributed by atoms with E-state index in [-0.39, 0.29) is 0 Å². The first-order chi connectivity index (χ1) is 15.7. The number of hydrogen-bond acceptors (Lipinski definition) is 2. The van der Waals surface area contributed by atoms with Crippen molar-refractivity contribution in [2.75, 3.05) is 0 Å². The molecule has 5 aromatic rings. The van der Waals surface area contributed by atoms with Gasteiger partial charge in [0.15, 0.2) is 0 Å². The number of rotatable bonds is 3. The van der Waals surface area contributed by atoms with Crippen LogP contribution in [0.4, 0.5) is 0 Å². The number of aromatic carboxylic acids is 1. The highest BCUT2D eigenvalue weighted by molar-refractivity contribution is 7.11. The quantitative estimate of drug-likeness (QED) is 0.310. The summed E-state index contributed by atoms with van der Waals surface area (Å²) < 4.78 is 0. The van der Waals surface area contributed by atoms with E-state index in [0.717, 1.165) is 0 Å². The van der Waals surface area contributed by atoms with Crippen LogP contribution < -0.4 is 0 Å². The normalized spacial score (nSPS) is 9.50. The zero-order valence-electron chi connectivity index (χ0n) is 17.5. The van der Waals surface area contributed by atoms with Crippen LogP contribution in [0.25, 0.3) is 22.3 Å². The number of benzene rings is 4. The molecule has 0 aliphatic rings. The number of hydrogen-bond donors (Lipinski definition) is 1. The zero-order valence-corrected chi connectivity index (χ0v) is 18.4. The summed E-state index contributed by atoms with van der Waals surface area (Å²) in [6, 6.07) is 44.9. The highest BCUT2D eigenvalue weighted by Crippen LogP contribution is 2.18. The van der Waals surface area contributed by atoms with Crippen LogP contribution in [-0.4, -0.2) is 11.1 Å². The van der Waals surface area contributed by atoms with Crippen LogP contribution in [0.1, 0.15) is 9.67 Å². The van der Waals surface area contributed by atoms with Crippen molar-refractivity contribution in [3.63, 3.8) is 0 Å². The van der Waals surface area contributed by atoms with Crippen LogP contribution in [-0.2, 0) is 0 Å². The van der Waals surface area contributed by atoms with E-state index in [2.05, 4.69) is 97.1 Å². The molecule has 0 unspecified atom stereocenters. The van der Waals surface area contributed by atoms with Gasteiger partial charge < -0.3 is 5.11 Å². The fraction of sp³-hybridized carbons (Fsp3) is 0. The Hall–Kier alpha value is -3.95. The molecule has 1 aromatic heterocycles. The average molecular weight is 437 g/mol. The molecule has 0 fully saturated rings. The predicted octanol–water partition coefficient (Wildman–Crippen LogP) is 8.15. The summed E-state index contributed by atoms with van der Waals surface area (Å²) in [7, 11) is 0.